The van der Waals surface area contributed by atoms with Crippen LogP contribution < -0.4 is 10.6 Å². The molecule has 2 aromatic rings. The molecule has 2 aliphatic carbocycles. The van der Waals surface area contributed by atoms with Crippen molar-refractivity contribution in [1.29, 1.82) is 0 Å². The second-order valence-corrected chi connectivity index (χ2v) is 9.00. The van der Waals surface area contributed by atoms with Gasteiger partial charge in [-0.1, -0.05) is 36.4 Å². The zero-order chi connectivity index (χ0) is 22.8. The number of rotatable bonds is 8. The highest BCUT2D eigenvalue weighted by Gasteiger charge is 2.58. The summed E-state index contributed by atoms with van der Waals surface area (Å²) >= 11 is 0. The number of guanidine groups is 1. The first-order valence-electron chi connectivity index (χ1n) is 11.7. The summed E-state index contributed by atoms with van der Waals surface area (Å²) in [6, 6.07) is 8.38. The lowest BCUT2D eigenvalue weighted by atomic mass is 9.85. The second-order valence-electron chi connectivity index (χ2n) is 9.00. The highest BCUT2D eigenvalue weighted by Crippen LogP contribution is 2.52. The topological polar surface area (TPSA) is 91.6 Å². The minimum Gasteiger partial charge on any atom is -0.357 e. The number of benzene rings is 1. The fraction of sp³-hybridized carbons (Fsp3) is 0.440. The van der Waals surface area contributed by atoms with E-state index >= 15 is 0 Å². The number of halogens is 1. The van der Waals surface area contributed by atoms with E-state index < -0.39 is 0 Å². The van der Waals surface area contributed by atoms with Crippen LogP contribution in [-0.2, 0) is 22.7 Å². The van der Waals surface area contributed by atoms with E-state index in [1.165, 1.54) is 10.5 Å². The van der Waals surface area contributed by atoms with E-state index in [0.717, 1.165) is 25.1 Å². The fourth-order valence-corrected chi connectivity index (χ4v) is 5.32. The van der Waals surface area contributed by atoms with Gasteiger partial charge in [-0.25, -0.2) is 9.98 Å². The molecule has 2 amide bonds. The summed E-state index contributed by atoms with van der Waals surface area (Å²) in [6.07, 6.45) is 10.7. The number of imide groups is 1. The largest absolute Gasteiger partial charge is 0.357 e. The third kappa shape index (κ3) is 4.89. The lowest BCUT2D eigenvalue weighted by Gasteiger charge is -2.18. The van der Waals surface area contributed by atoms with Gasteiger partial charge < -0.3 is 15.2 Å². The minimum absolute atomic E-state index is 0. The van der Waals surface area contributed by atoms with E-state index in [9.17, 15) is 9.59 Å². The van der Waals surface area contributed by atoms with Crippen molar-refractivity contribution in [2.24, 2.45) is 28.7 Å². The predicted octanol–water partition coefficient (Wildman–Crippen LogP) is 2.41. The van der Waals surface area contributed by atoms with E-state index in [2.05, 4.69) is 57.0 Å². The molecule has 2 fully saturated rings. The first-order valence-corrected chi connectivity index (χ1v) is 11.7. The number of fused-ring (bicyclic) bond motifs is 5. The van der Waals surface area contributed by atoms with Crippen LogP contribution >= 0.6 is 24.0 Å². The van der Waals surface area contributed by atoms with Gasteiger partial charge in [0.05, 0.1) is 24.7 Å². The number of likely N-dealkylation sites (tertiary alicyclic amines) is 1. The van der Waals surface area contributed by atoms with Gasteiger partial charge in [0.1, 0.15) is 0 Å². The van der Waals surface area contributed by atoms with Crippen molar-refractivity contribution < 1.29 is 9.59 Å². The number of allylic oxidation sites excluding steroid dienone is 2. The molecule has 34 heavy (non-hydrogen) atoms. The molecule has 1 aromatic heterocycles. The molecule has 5 rings (SSSR count). The molecule has 2 N–H and O–H groups in total. The Labute approximate surface area is 216 Å². The van der Waals surface area contributed by atoms with Gasteiger partial charge in [0, 0.05) is 38.6 Å². The van der Waals surface area contributed by atoms with Crippen LogP contribution in [0.25, 0.3) is 0 Å². The number of aliphatic imine (C=N–C) groups is 1. The van der Waals surface area contributed by atoms with E-state index in [0.29, 0.717) is 25.6 Å². The number of nitrogens with one attached hydrogen (secondary N) is 2. The Kier molecular flexibility index (Phi) is 7.70. The van der Waals surface area contributed by atoms with Gasteiger partial charge in [0.15, 0.2) is 5.96 Å². The van der Waals surface area contributed by atoms with Gasteiger partial charge in [0.25, 0.3) is 0 Å². The molecule has 0 radical (unpaired) electrons. The van der Waals surface area contributed by atoms with Crippen molar-refractivity contribution in [3.63, 3.8) is 0 Å². The maximum absolute atomic E-state index is 12.8. The smallest absolute Gasteiger partial charge is 0.233 e. The molecule has 2 heterocycles. The van der Waals surface area contributed by atoms with Crippen molar-refractivity contribution >= 4 is 41.8 Å². The van der Waals surface area contributed by atoms with E-state index in [1.807, 2.05) is 24.0 Å². The molecule has 4 unspecified atom stereocenters. The third-order valence-corrected chi connectivity index (χ3v) is 6.90. The Morgan fingerprint density at radius 3 is 2.35 bits per heavy atom. The van der Waals surface area contributed by atoms with E-state index in [-0.39, 0.29) is 59.5 Å². The van der Waals surface area contributed by atoms with Gasteiger partial charge >= 0.3 is 0 Å². The Morgan fingerprint density at radius 2 is 1.74 bits per heavy atom. The van der Waals surface area contributed by atoms with Crippen molar-refractivity contribution in [2.75, 3.05) is 19.6 Å². The number of hydrogen-bond donors (Lipinski definition) is 2. The van der Waals surface area contributed by atoms with Crippen LogP contribution in [0.3, 0.4) is 0 Å². The maximum Gasteiger partial charge on any atom is 0.233 e. The zero-order valence-electron chi connectivity index (χ0n) is 19.3. The highest BCUT2D eigenvalue weighted by atomic mass is 127. The second kappa shape index (κ2) is 10.7. The van der Waals surface area contributed by atoms with Crippen LogP contribution in [0.15, 0.2) is 60.1 Å². The zero-order valence-corrected chi connectivity index (χ0v) is 21.6. The predicted molar refractivity (Wildman–Crippen MR) is 140 cm³/mol. The lowest BCUT2D eigenvalue weighted by Crippen LogP contribution is -2.43. The molecule has 9 heteroatoms. The van der Waals surface area contributed by atoms with E-state index in [4.69, 9.17) is 0 Å². The Bertz CT molecular complexity index is 1040. The van der Waals surface area contributed by atoms with Crippen LogP contribution in [0.4, 0.5) is 0 Å². The average molecular weight is 574 g/mol. The molecular formula is C25H31IN6O2. The number of nitrogens with zero attached hydrogens (tertiary/aromatic N) is 4. The number of amides is 2. The highest BCUT2D eigenvalue weighted by molar-refractivity contribution is 14.0. The number of imidazole rings is 1. The number of hydrogen-bond acceptors (Lipinski definition) is 4. The molecule has 1 aromatic carbocycles. The first kappa shape index (κ1) is 24.4. The molecule has 0 spiro atoms. The molecule has 1 saturated carbocycles. The summed E-state index contributed by atoms with van der Waals surface area (Å²) < 4.78 is 2.03. The van der Waals surface area contributed by atoms with Crippen molar-refractivity contribution in [2.45, 2.75) is 26.4 Å². The Hall–Kier alpha value is -2.69. The average Bonchev–Trinajstić information content (AvgIpc) is 3.61. The van der Waals surface area contributed by atoms with Crippen molar-refractivity contribution in [3.05, 3.63) is 66.3 Å². The van der Waals surface area contributed by atoms with Crippen molar-refractivity contribution in [3.8, 4) is 0 Å². The van der Waals surface area contributed by atoms with Crippen LogP contribution in [-0.4, -0.2) is 51.9 Å². The summed E-state index contributed by atoms with van der Waals surface area (Å²) in [5.74, 6) is 0.917. The van der Waals surface area contributed by atoms with Crippen LogP contribution in [0, 0.1) is 23.7 Å². The molecule has 1 saturated heterocycles. The number of carbonyl (C=O) groups is 2. The van der Waals surface area contributed by atoms with Crippen LogP contribution in [0.5, 0.6) is 0 Å². The molecule has 3 aliphatic rings. The fourth-order valence-electron chi connectivity index (χ4n) is 5.32. The minimum atomic E-state index is -0.133. The van der Waals surface area contributed by atoms with Gasteiger partial charge in [-0.3, -0.25) is 14.5 Å². The summed E-state index contributed by atoms with van der Waals surface area (Å²) in [5, 5.41) is 6.51. The van der Waals surface area contributed by atoms with Crippen LogP contribution in [0.1, 0.15) is 24.5 Å². The Morgan fingerprint density at radius 1 is 1.06 bits per heavy atom. The van der Waals surface area contributed by atoms with Gasteiger partial charge in [-0.2, -0.15) is 0 Å². The van der Waals surface area contributed by atoms with Gasteiger partial charge in [0.2, 0.25) is 11.8 Å². The number of carbonyl (C=O) groups excluding carboxylic acids is 2. The summed E-state index contributed by atoms with van der Waals surface area (Å²) in [6.45, 7) is 4.94. The summed E-state index contributed by atoms with van der Waals surface area (Å²) in [4.78, 5) is 35.8. The summed E-state index contributed by atoms with van der Waals surface area (Å²) in [5.41, 5.74) is 2.32. The quantitative estimate of drug-likeness (QED) is 0.166. The van der Waals surface area contributed by atoms with E-state index in [1.54, 1.807) is 6.20 Å². The van der Waals surface area contributed by atoms with Crippen molar-refractivity contribution in [1.82, 2.24) is 25.1 Å². The molecule has 8 nitrogen and oxygen atoms in total. The first-order chi connectivity index (χ1) is 16.1. The van der Waals surface area contributed by atoms with Crippen LogP contribution in [0.2, 0.25) is 0 Å². The molecule has 1 aliphatic heterocycles. The standard InChI is InChI=1S/C25H30N6O2.HI/c1-2-27-25(29-14-17-3-5-18(6-4-17)15-30-11-9-26-16-30)28-10-12-31-23(32)21-19-7-8-20(13-19)22(21)24(31)33;/h3-9,11,16,19-22H,2,10,12-15H2,1H3,(H2,27,28,29);1H. The maximum atomic E-state index is 12.8. The lowest BCUT2D eigenvalue weighted by molar-refractivity contribution is -0.140. The normalized spacial score (nSPS) is 25.0. The monoisotopic (exact) mass is 574 g/mol. The molecule has 2 bridgehead atoms. The molecule has 4 atom stereocenters. The Balaban J connectivity index is 0.00000274. The van der Waals surface area contributed by atoms with Gasteiger partial charge in [-0.05, 0) is 36.3 Å². The van der Waals surface area contributed by atoms with Gasteiger partial charge in [-0.15, -0.1) is 24.0 Å². The summed E-state index contributed by atoms with van der Waals surface area (Å²) in [7, 11) is 0. The number of aromatic nitrogens is 2. The molecular weight excluding hydrogens is 543 g/mol. The third-order valence-electron chi connectivity index (χ3n) is 6.90. The molecule has 180 valence electrons. The SMILES string of the molecule is CCNC(=NCc1ccc(Cn2ccnc2)cc1)NCCN1C(=O)C2C3C=CC(C3)C2C1=O.I.